The SMILES string of the molecule is CCCCc1noc([C@@H]2CC(O)CN2)n1. The Morgan fingerprint density at radius 3 is 3.13 bits per heavy atom. The Hall–Kier alpha value is -0.940. The topological polar surface area (TPSA) is 71.2 Å². The summed E-state index contributed by atoms with van der Waals surface area (Å²) in [4.78, 5) is 4.31. The van der Waals surface area contributed by atoms with Crippen molar-refractivity contribution >= 4 is 0 Å². The van der Waals surface area contributed by atoms with Crippen molar-refractivity contribution in [1.82, 2.24) is 15.5 Å². The maximum Gasteiger partial charge on any atom is 0.243 e. The Morgan fingerprint density at radius 2 is 2.47 bits per heavy atom. The van der Waals surface area contributed by atoms with E-state index in [-0.39, 0.29) is 12.1 Å². The van der Waals surface area contributed by atoms with Gasteiger partial charge in [0.05, 0.1) is 12.1 Å². The van der Waals surface area contributed by atoms with Gasteiger partial charge < -0.3 is 14.9 Å². The highest BCUT2D eigenvalue weighted by Gasteiger charge is 2.27. The van der Waals surface area contributed by atoms with Crippen LogP contribution < -0.4 is 5.32 Å². The number of unbranched alkanes of at least 4 members (excludes halogenated alkanes) is 1. The van der Waals surface area contributed by atoms with Crippen LogP contribution in [0, 0.1) is 0 Å². The second-order valence-corrected chi connectivity index (χ2v) is 4.00. The van der Waals surface area contributed by atoms with Crippen molar-refractivity contribution in [2.45, 2.75) is 44.8 Å². The van der Waals surface area contributed by atoms with Gasteiger partial charge in [0.2, 0.25) is 5.89 Å². The Balaban J connectivity index is 1.94. The number of hydrogen-bond acceptors (Lipinski definition) is 5. The number of aliphatic hydroxyl groups is 1. The first kappa shape index (κ1) is 10.6. The molecular weight excluding hydrogens is 194 g/mol. The Bertz CT molecular complexity index is 313. The van der Waals surface area contributed by atoms with E-state index >= 15 is 0 Å². The quantitative estimate of drug-likeness (QED) is 0.771. The summed E-state index contributed by atoms with van der Waals surface area (Å²) >= 11 is 0. The fraction of sp³-hybridized carbons (Fsp3) is 0.800. The van der Waals surface area contributed by atoms with Crippen molar-refractivity contribution in [2.24, 2.45) is 0 Å². The van der Waals surface area contributed by atoms with Gasteiger partial charge in [0.25, 0.3) is 0 Å². The van der Waals surface area contributed by atoms with Crippen LogP contribution in [-0.4, -0.2) is 27.9 Å². The van der Waals surface area contributed by atoms with Crippen LogP contribution in [0.1, 0.15) is 43.9 Å². The Morgan fingerprint density at radius 1 is 1.60 bits per heavy atom. The summed E-state index contributed by atoms with van der Waals surface area (Å²) in [5, 5.41) is 16.4. The third-order valence-electron chi connectivity index (χ3n) is 2.64. The molecular formula is C10H17N3O2. The van der Waals surface area contributed by atoms with Crippen LogP contribution in [0.4, 0.5) is 0 Å². The molecule has 2 atom stereocenters. The molecule has 5 nitrogen and oxygen atoms in total. The predicted octanol–water partition coefficient (Wildman–Crippen LogP) is 0.807. The highest BCUT2D eigenvalue weighted by Crippen LogP contribution is 2.21. The summed E-state index contributed by atoms with van der Waals surface area (Å²) in [6, 6.07) is 0.0304. The van der Waals surface area contributed by atoms with Gasteiger partial charge in [-0.2, -0.15) is 4.98 Å². The maximum atomic E-state index is 9.36. The third-order valence-corrected chi connectivity index (χ3v) is 2.64. The predicted molar refractivity (Wildman–Crippen MR) is 54.3 cm³/mol. The van der Waals surface area contributed by atoms with Crippen molar-refractivity contribution < 1.29 is 9.63 Å². The Kier molecular flexibility index (Phi) is 3.33. The zero-order valence-electron chi connectivity index (χ0n) is 8.94. The highest BCUT2D eigenvalue weighted by atomic mass is 16.5. The molecule has 1 unspecified atom stereocenters. The molecule has 1 aliphatic rings. The van der Waals surface area contributed by atoms with E-state index in [9.17, 15) is 5.11 Å². The summed E-state index contributed by atoms with van der Waals surface area (Å²) in [5.74, 6) is 1.38. The van der Waals surface area contributed by atoms with Crippen LogP contribution >= 0.6 is 0 Å². The first-order chi connectivity index (χ1) is 7.29. The molecule has 0 spiro atoms. The number of aliphatic hydroxyl groups excluding tert-OH is 1. The van der Waals surface area contributed by atoms with E-state index in [2.05, 4.69) is 22.4 Å². The third kappa shape index (κ3) is 2.54. The van der Waals surface area contributed by atoms with Gasteiger partial charge in [-0.05, 0) is 12.8 Å². The molecule has 0 aliphatic carbocycles. The Labute approximate surface area is 88.9 Å². The average molecular weight is 211 g/mol. The van der Waals surface area contributed by atoms with Crippen molar-refractivity contribution in [3.05, 3.63) is 11.7 Å². The molecule has 1 aromatic rings. The van der Waals surface area contributed by atoms with Gasteiger partial charge in [0, 0.05) is 13.0 Å². The number of hydrogen-bond donors (Lipinski definition) is 2. The fourth-order valence-electron chi connectivity index (χ4n) is 1.75. The standard InChI is InChI=1S/C10H17N3O2/c1-2-3-4-9-12-10(15-13-9)8-5-7(14)6-11-8/h7-8,11,14H,2-6H2,1H3/t7?,8-/m0/s1. The summed E-state index contributed by atoms with van der Waals surface area (Å²) < 4.78 is 5.16. The fourth-order valence-corrected chi connectivity index (χ4v) is 1.75. The van der Waals surface area contributed by atoms with Crippen molar-refractivity contribution in [3.8, 4) is 0 Å². The van der Waals surface area contributed by atoms with Crippen LogP contribution in [0.25, 0.3) is 0 Å². The van der Waals surface area contributed by atoms with Gasteiger partial charge in [0.1, 0.15) is 0 Å². The van der Waals surface area contributed by atoms with Crippen molar-refractivity contribution in [1.29, 1.82) is 0 Å². The second-order valence-electron chi connectivity index (χ2n) is 4.00. The van der Waals surface area contributed by atoms with Crippen molar-refractivity contribution in [2.75, 3.05) is 6.54 Å². The number of nitrogens with zero attached hydrogens (tertiary/aromatic N) is 2. The van der Waals surface area contributed by atoms with Crippen LogP contribution in [0.5, 0.6) is 0 Å². The number of β-amino-alcohol motifs (C(OH)–C–C–N with tert-alkyl or cyclic N) is 1. The van der Waals surface area contributed by atoms with Gasteiger partial charge in [-0.25, -0.2) is 0 Å². The monoisotopic (exact) mass is 211 g/mol. The summed E-state index contributed by atoms with van der Waals surface area (Å²) in [7, 11) is 0. The van der Waals surface area contributed by atoms with Gasteiger partial charge in [-0.3, -0.25) is 0 Å². The molecule has 2 N–H and O–H groups in total. The van der Waals surface area contributed by atoms with E-state index in [1.807, 2.05) is 0 Å². The minimum atomic E-state index is -0.291. The second kappa shape index (κ2) is 4.72. The average Bonchev–Trinajstić information content (AvgIpc) is 2.83. The van der Waals surface area contributed by atoms with Gasteiger partial charge in [-0.15, -0.1) is 0 Å². The van der Waals surface area contributed by atoms with Crippen LogP contribution in [0.15, 0.2) is 4.52 Å². The van der Waals surface area contributed by atoms with Gasteiger partial charge >= 0.3 is 0 Å². The molecule has 1 aliphatic heterocycles. The molecule has 1 saturated heterocycles. The number of nitrogens with one attached hydrogen (secondary N) is 1. The maximum absolute atomic E-state index is 9.36. The van der Waals surface area contributed by atoms with Crippen LogP contribution in [0.2, 0.25) is 0 Å². The zero-order chi connectivity index (χ0) is 10.7. The molecule has 0 bridgehead atoms. The molecule has 0 amide bonds. The lowest BCUT2D eigenvalue weighted by Gasteiger charge is -2.01. The highest BCUT2D eigenvalue weighted by molar-refractivity contribution is 4.97. The van der Waals surface area contributed by atoms with Crippen molar-refractivity contribution in [3.63, 3.8) is 0 Å². The van der Waals surface area contributed by atoms with E-state index in [1.165, 1.54) is 0 Å². The molecule has 5 heteroatoms. The van der Waals surface area contributed by atoms with Crippen LogP contribution in [0.3, 0.4) is 0 Å². The lowest BCUT2D eigenvalue weighted by atomic mass is 10.2. The van der Waals surface area contributed by atoms with E-state index in [1.54, 1.807) is 0 Å². The molecule has 0 radical (unpaired) electrons. The molecule has 2 heterocycles. The molecule has 15 heavy (non-hydrogen) atoms. The van der Waals surface area contributed by atoms with E-state index in [0.29, 0.717) is 18.9 Å². The summed E-state index contributed by atoms with van der Waals surface area (Å²) in [6.45, 7) is 2.74. The summed E-state index contributed by atoms with van der Waals surface area (Å²) in [5.41, 5.74) is 0. The normalized spacial score (nSPS) is 26.0. The lowest BCUT2D eigenvalue weighted by molar-refractivity contribution is 0.191. The zero-order valence-corrected chi connectivity index (χ0v) is 8.94. The number of aryl methyl sites for hydroxylation is 1. The van der Waals surface area contributed by atoms with E-state index < -0.39 is 0 Å². The summed E-state index contributed by atoms with van der Waals surface area (Å²) in [6.07, 6.45) is 3.45. The molecule has 0 aromatic carbocycles. The minimum Gasteiger partial charge on any atom is -0.392 e. The van der Waals surface area contributed by atoms with E-state index in [0.717, 1.165) is 25.1 Å². The minimum absolute atomic E-state index is 0.0304. The smallest absolute Gasteiger partial charge is 0.243 e. The van der Waals surface area contributed by atoms with Crippen LogP contribution in [-0.2, 0) is 6.42 Å². The first-order valence-electron chi connectivity index (χ1n) is 5.53. The first-order valence-corrected chi connectivity index (χ1v) is 5.53. The molecule has 84 valence electrons. The van der Waals surface area contributed by atoms with E-state index in [4.69, 9.17) is 4.52 Å². The molecule has 2 rings (SSSR count). The van der Waals surface area contributed by atoms with Gasteiger partial charge in [-0.1, -0.05) is 18.5 Å². The number of rotatable bonds is 4. The molecule has 1 aromatic heterocycles. The molecule has 1 fully saturated rings. The molecule has 0 saturated carbocycles. The lowest BCUT2D eigenvalue weighted by Crippen LogP contribution is -2.15. The van der Waals surface area contributed by atoms with Gasteiger partial charge in [0.15, 0.2) is 5.82 Å². The largest absolute Gasteiger partial charge is 0.392 e. The number of aromatic nitrogens is 2.